The Morgan fingerprint density at radius 1 is 1.40 bits per heavy atom. The predicted octanol–water partition coefficient (Wildman–Crippen LogP) is 3.31. The lowest BCUT2D eigenvalue weighted by Crippen LogP contribution is -2.15. The van der Waals surface area contributed by atoms with Crippen molar-refractivity contribution in [1.82, 2.24) is 0 Å². The van der Waals surface area contributed by atoms with Crippen molar-refractivity contribution in [3.05, 3.63) is 29.6 Å². The van der Waals surface area contributed by atoms with Crippen LogP contribution in [-0.2, 0) is 5.60 Å². The first-order valence-corrected chi connectivity index (χ1v) is 6.04. The van der Waals surface area contributed by atoms with Crippen molar-refractivity contribution in [2.75, 3.05) is 0 Å². The van der Waals surface area contributed by atoms with Crippen molar-refractivity contribution >= 4 is 11.8 Å². The molecule has 1 aliphatic rings. The van der Waals surface area contributed by atoms with E-state index >= 15 is 0 Å². The van der Waals surface area contributed by atoms with Gasteiger partial charge in [-0.3, -0.25) is 0 Å². The van der Waals surface area contributed by atoms with Crippen molar-refractivity contribution in [2.45, 2.75) is 42.4 Å². The second-order valence-corrected chi connectivity index (χ2v) is 5.86. The van der Waals surface area contributed by atoms with Gasteiger partial charge in [0.25, 0.3) is 0 Å². The van der Waals surface area contributed by atoms with Gasteiger partial charge in [-0.05, 0) is 44.4 Å². The maximum atomic E-state index is 13.6. The summed E-state index contributed by atoms with van der Waals surface area (Å²) >= 11 is 1.60. The number of halogens is 1. The van der Waals surface area contributed by atoms with Crippen LogP contribution in [0, 0.1) is 5.82 Å². The molecule has 1 nitrogen and oxygen atoms in total. The Kier molecular flexibility index (Phi) is 2.77. The summed E-state index contributed by atoms with van der Waals surface area (Å²) in [5.41, 5.74) is -0.343. The summed E-state index contributed by atoms with van der Waals surface area (Å²) in [4.78, 5) is 0.700. The van der Waals surface area contributed by atoms with Crippen molar-refractivity contribution in [3.8, 4) is 0 Å². The van der Waals surface area contributed by atoms with Gasteiger partial charge in [0.05, 0.1) is 5.60 Å². The van der Waals surface area contributed by atoms with Crippen LogP contribution in [0.4, 0.5) is 4.39 Å². The molecule has 0 radical (unpaired) electrons. The van der Waals surface area contributed by atoms with Crippen molar-refractivity contribution in [2.24, 2.45) is 0 Å². The molecule has 1 saturated carbocycles. The SMILES string of the molecule is CC(C)(O)c1ccc(SC2CC2)c(F)c1. The molecule has 0 aromatic heterocycles. The van der Waals surface area contributed by atoms with Crippen LogP contribution < -0.4 is 0 Å². The molecule has 3 heteroatoms. The summed E-state index contributed by atoms with van der Waals surface area (Å²) in [5, 5.41) is 10.3. The van der Waals surface area contributed by atoms with Gasteiger partial charge in [0.15, 0.2) is 0 Å². The summed E-state index contributed by atoms with van der Waals surface area (Å²) in [6, 6.07) is 5.00. The van der Waals surface area contributed by atoms with Crippen LogP contribution in [0.3, 0.4) is 0 Å². The molecule has 0 amide bonds. The smallest absolute Gasteiger partial charge is 0.137 e. The third kappa shape index (κ3) is 2.73. The van der Waals surface area contributed by atoms with E-state index in [2.05, 4.69) is 0 Å². The number of aliphatic hydroxyl groups is 1. The average molecular weight is 226 g/mol. The topological polar surface area (TPSA) is 20.2 Å². The van der Waals surface area contributed by atoms with Gasteiger partial charge >= 0.3 is 0 Å². The zero-order valence-electron chi connectivity index (χ0n) is 8.96. The molecule has 82 valence electrons. The highest BCUT2D eigenvalue weighted by molar-refractivity contribution is 8.00. The van der Waals surface area contributed by atoms with Gasteiger partial charge in [0.1, 0.15) is 5.82 Å². The first kappa shape index (κ1) is 11.0. The second-order valence-electron chi connectivity index (χ2n) is 4.52. The first-order valence-electron chi connectivity index (χ1n) is 5.16. The maximum absolute atomic E-state index is 13.6. The number of thioether (sulfide) groups is 1. The van der Waals surface area contributed by atoms with Gasteiger partial charge in [0, 0.05) is 10.1 Å². The minimum absolute atomic E-state index is 0.216. The number of rotatable bonds is 3. The predicted molar refractivity (Wildman–Crippen MR) is 60.5 cm³/mol. The Morgan fingerprint density at radius 3 is 2.53 bits per heavy atom. The molecule has 0 bridgehead atoms. The minimum atomic E-state index is -0.969. The molecule has 2 rings (SSSR count). The number of hydrogen-bond donors (Lipinski definition) is 1. The van der Waals surface area contributed by atoms with Crippen LogP contribution in [0.2, 0.25) is 0 Å². The Balaban J connectivity index is 2.21. The minimum Gasteiger partial charge on any atom is -0.386 e. The largest absolute Gasteiger partial charge is 0.386 e. The lowest BCUT2D eigenvalue weighted by molar-refractivity contribution is 0.0781. The molecule has 1 aliphatic carbocycles. The molecule has 0 heterocycles. The van der Waals surface area contributed by atoms with Gasteiger partial charge in [-0.15, -0.1) is 11.8 Å². The van der Waals surface area contributed by atoms with E-state index in [-0.39, 0.29) is 5.82 Å². The Hall–Kier alpha value is -0.540. The zero-order chi connectivity index (χ0) is 11.1. The average Bonchev–Trinajstić information content (AvgIpc) is 2.90. The van der Waals surface area contributed by atoms with Crippen molar-refractivity contribution in [1.29, 1.82) is 0 Å². The number of benzene rings is 1. The molecule has 0 spiro atoms. The van der Waals surface area contributed by atoms with E-state index in [1.807, 2.05) is 0 Å². The van der Waals surface area contributed by atoms with E-state index < -0.39 is 5.60 Å². The van der Waals surface area contributed by atoms with E-state index in [0.717, 1.165) is 0 Å². The highest BCUT2D eigenvalue weighted by atomic mass is 32.2. The van der Waals surface area contributed by atoms with Crippen LogP contribution in [0.5, 0.6) is 0 Å². The van der Waals surface area contributed by atoms with Crippen LogP contribution >= 0.6 is 11.8 Å². The fourth-order valence-corrected chi connectivity index (χ4v) is 2.39. The van der Waals surface area contributed by atoms with Gasteiger partial charge < -0.3 is 5.11 Å². The van der Waals surface area contributed by atoms with Gasteiger partial charge in [-0.2, -0.15) is 0 Å². The van der Waals surface area contributed by atoms with Gasteiger partial charge in [-0.1, -0.05) is 6.07 Å². The highest BCUT2D eigenvalue weighted by Gasteiger charge is 2.24. The highest BCUT2D eigenvalue weighted by Crippen LogP contribution is 2.40. The third-order valence-electron chi connectivity index (χ3n) is 2.46. The lowest BCUT2D eigenvalue weighted by Gasteiger charge is -2.18. The monoisotopic (exact) mass is 226 g/mol. The molecule has 1 aromatic rings. The van der Waals surface area contributed by atoms with Gasteiger partial charge in [0.2, 0.25) is 0 Å². The molecule has 15 heavy (non-hydrogen) atoms. The third-order valence-corrected chi connectivity index (χ3v) is 3.85. The zero-order valence-corrected chi connectivity index (χ0v) is 9.77. The fourth-order valence-electron chi connectivity index (χ4n) is 1.34. The lowest BCUT2D eigenvalue weighted by atomic mass is 9.99. The molecule has 0 unspecified atom stereocenters. The Labute approximate surface area is 93.7 Å². The van der Waals surface area contributed by atoms with Crippen LogP contribution in [-0.4, -0.2) is 10.4 Å². The molecule has 0 aliphatic heterocycles. The van der Waals surface area contributed by atoms with Crippen LogP contribution in [0.15, 0.2) is 23.1 Å². The van der Waals surface area contributed by atoms with E-state index in [4.69, 9.17) is 0 Å². The quantitative estimate of drug-likeness (QED) is 0.853. The molecule has 0 atom stereocenters. The summed E-state index contributed by atoms with van der Waals surface area (Å²) in [5.74, 6) is -0.216. The summed E-state index contributed by atoms with van der Waals surface area (Å²) in [6.07, 6.45) is 2.38. The van der Waals surface area contributed by atoms with E-state index in [1.54, 1.807) is 37.7 Å². The van der Waals surface area contributed by atoms with E-state index in [1.165, 1.54) is 18.9 Å². The molecule has 1 aromatic carbocycles. The van der Waals surface area contributed by atoms with Crippen molar-refractivity contribution < 1.29 is 9.50 Å². The normalized spacial score (nSPS) is 16.8. The standard InChI is InChI=1S/C12H15FOS/c1-12(2,14)8-3-6-11(10(13)7-8)15-9-4-5-9/h3,6-7,9,14H,4-5H2,1-2H3. The Bertz CT molecular complexity index is 366. The van der Waals surface area contributed by atoms with E-state index in [9.17, 15) is 9.50 Å². The summed E-state index contributed by atoms with van der Waals surface area (Å²) < 4.78 is 13.6. The molecular formula is C12H15FOS. The van der Waals surface area contributed by atoms with E-state index in [0.29, 0.717) is 15.7 Å². The molecular weight excluding hydrogens is 211 g/mol. The molecule has 1 N–H and O–H groups in total. The van der Waals surface area contributed by atoms with Crippen LogP contribution in [0.25, 0.3) is 0 Å². The second kappa shape index (κ2) is 3.80. The first-order chi connectivity index (χ1) is 6.97. The Morgan fingerprint density at radius 2 is 2.07 bits per heavy atom. The van der Waals surface area contributed by atoms with Gasteiger partial charge in [-0.25, -0.2) is 4.39 Å². The number of hydrogen-bond acceptors (Lipinski definition) is 2. The molecule has 0 saturated heterocycles. The fraction of sp³-hybridized carbons (Fsp3) is 0.500. The molecule has 1 fully saturated rings. The van der Waals surface area contributed by atoms with Crippen molar-refractivity contribution in [3.63, 3.8) is 0 Å². The maximum Gasteiger partial charge on any atom is 0.137 e. The summed E-state index contributed by atoms with van der Waals surface area (Å²) in [7, 11) is 0. The summed E-state index contributed by atoms with van der Waals surface area (Å²) in [6.45, 7) is 3.32. The van der Waals surface area contributed by atoms with Crippen LogP contribution in [0.1, 0.15) is 32.3 Å².